The van der Waals surface area contributed by atoms with Gasteiger partial charge in [-0.05, 0) is 11.6 Å². The number of methoxy groups -OCH3 is 1. The second-order valence-electron chi connectivity index (χ2n) is 6.56. The summed E-state index contributed by atoms with van der Waals surface area (Å²) >= 11 is 0. The lowest BCUT2D eigenvalue weighted by Gasteiger charge is -2.33. The van der Waals surface area contributed by atoms with Crippen LogP contribution in [0.25, 0.3) is 12.2 Å². The third kappa shape index (κ3) is 5.58. The summed E-state index contributed by atoms with van der Waals surface area (Å²) in [7, 11) is 1.72. The molecule has 0 saturated carbocycles. The van der Waals surface area contributed by atoms with E-state index in [1.807, 2.05) is 18.2 Å². The molecular weight excluding hydrogens is 320 g/mol. The van der Waals surface area contributed by atoms with Gasteiger partial charge < -0.3 is 4.74 Å². The minimum absolute atomic E-state index is 0.929. The Bertz CT molecular complexity index is 716. The third-order valence-corrected chi connectivity index (χ3v) is 4.74. The Labute approximate surface area is 157 Å². The Morgan fingerprint density at radius 3 is 2.00 bits per heavy atom. The second kappa shape index (κ2) is 9.95. The predicted octanol–water partition coefficient (Wildman–Crippen LogP) is 4.04. The van der Waals surface area contributed by atoms with Crippen LogP contribution in [0.4, 0.5) is 0 Å². The molecule has 0 amide bonds. The molecule has 0 bridgehead atoms. The lowest BCUT2D eigenvalue weighted by Crippen LogP contribution is -2.46. The van der Waals surface area contributed by atoms with Crippen molar-refractivity contribution < 1.29 is 4.74 Å². The minimum atomic E-state index is 0.929. The van der Waals surface area contributed by atoms with E-state index in [1.54, 1.807) is 7.11 Å². The average Bonchev–Trinajstić information content (AvgIpc) is 2.70. The van der Waals surface area contributed by atoms with Gasteiger partial charge in [-0.3, -0.25) is 9.80 Å². The van der Waals surface area contributed by atoms with Gasteiger partial charge >= 0.3 is 0 Å². The molecule has 26 heavy (non-hydrogen) atoms. The first-order chi connectivity index (χ1) is 12.8. The molecule has 1 saturated heterocycles. The van der Waals surface area contributed by atoms with Crippen LogP contribution in [0, 0.1) is 0 Å². The molecule has 1 aliphatic heterocycles. The van der Waals surface area contributed by atoms with Crippen molar-refractivity contribution >= 4 is 12.2 Å². The number of hydrogen-bond acceptors (Lipinski definition) is 3. The Hall–Kier alpha value is -2.36. The van der Waals surface area contributed by atoms with E-state index in [2.05, 4.69) is 70.5 Å². The number of hydrogen-bond donors (Lipinski definition) is 0. The fourth-order valence-corrected chi connectivity index (χ4v) is 3.19. The van der Waals surface area contributed by atoms with Gasteiger partial charge in [-0.25, -0.2) is 0 Å². The van der Waals surface area contributed by atoms with Crippen molar-refractivity contribution in [1.82, 2.24) is 9.80 Å². The molecule has 0 N–H and O–H groups in total. The summed E-state index contributed by atoms with van der Waals surface area (Å²) in [6.45, 7) is 6.51. The number of benzene rings is 2. The van der Waals surface area contributed by atoms with Crippen LogP contribution in [-0.4, -0.2) is 56.2 Å². The molecule has 136 valence electrons. The number of para-hydroxylation sites is 1. The van der Waals surface area contributed by atoms with Gasteiger partial charge in [0.15, 0.2) is 0 Å². The number of nitrogens with zero attached hydrogens (tertiary/aromatic N) is 2. The minimum Gasteiger partial charge on any atom is -0.496 e. The first kappa shape index (κ1) is 18.4. The fourth-order valence-electron chi connectivity index (χ4n) is 3.19. The molecule has 2 aromatic rings. The normalized spacial score (nSPS) is 16.5. The molecule has 1 aliphatic rings. The van der Waals surface area contributed by atoms with E-state index in [0.29, 0.717) is 0 Å². The highest BCUT2D eigenvalue weighted by molar-refractivity contribution is 5.57. The molecule has 3 heteroatoms. The van der Waals surface area contributed by atoms with E-state index in [9.17, 15) is 0 Å². The second-order valence-corrected chi connectivity index (χ2v) is 6.56. The highest BCUT2D eigenvalue weighted by Crippen LogP contribution is 2.18. The van der Waals surface area contributed by atoms with E-state index >= 15 is 0 Å². The fraction of sp³-hybridized carbons (Fsp3) is 0.304. The van der Waals surface area contributed by atoms with Crippen molar-refractivity contribution in [2.24, 2.45) is 0 Å². The molecule has 0 aromatic heterocycles. The zero-order valence-electron chi connectivity index (χ0n) is 15.6. The van der Waals surface area contributed by atoms with Gasteiger partial charge in [0.25, 0.3) is 0 Å². The quantitative estimate of drug-likeness (QED) is 0.751. The van der Waals surface area contributed by atoms with Crippen LogP contribution in [0.2, 0.25) is 0 Å². The SMILES string of the molecule is COc1ccccc1/C=C/CN1CCN(C/C=C/c2ccccc2)CC1. The van der Waals surface area contributed by atoms with Crippen molar-refractivity contribution in [3.8, 4) is 5.75 Å². The maximum absolute atomic E-state index is 5.39. The van der Waals surface area contributed by atoms with Crippen molar-refractivity contribution in [2.75, 3.05) is 46.4 Å². The van der Waals surface area contributed by atoms with Gasteiger partial charge in [0.1, 0.15) is 5.75 Å². The Morgan fingerprint density at radius 2 is 1.35 bits per heavy atom. The molecular formula is C23H28N2O. The van der Waals surface area contributed by atoms with Gasteiger partial charge in [0, 0.05) is 44.8 Å². The number of piperazine rings is 1. The van der Waals surface area contributed by atoms with Gasteiger partial charge in [0.2, 0.25) is 0 Å². The Morgan fingerprint density at radius 1 is 0.769 bits per heavy atom. The standard InChI is InChI=1S/C23H28N2O/c1-26-23-14-6-5-12-22(23)13-8-16-25-19-17-24(18-20-25)15-7-11-21-9-3-2-4-10-21/h2-14H,15-20H2,1H3/b11-7+,13-8+. The third-order valence-electron chi connectivity index (χ3n) is 4.74. The largest absolute Gasteiger partial charge is 0.496 e. The monoisotopic (exact) mass is 348 g/mol. The van der Waals surface area contributed by atoms with Crippen LogP contribution in [0.1, 0.15) is 11.1 Å². The summed E-state index contributed by atoms with van der Waals surface area (Å²) < 4.78 is 5.39. The van der Waals surface area contributed by atoms with E-state index in [-0.39, 0.29) is 0 Å². The lowest BCUT2D eigenvalue weighted by atomic mass is 10.2. The zero-order valence-corrected chi connectivity index (χ0v) is 15.6. The first-order valence-corrected chi connectivity index (χ1v) is 9.31. The van der Waals surface area contributed by atoms with E-state index < -0.39 is 0 Å². The highest BCUT2D eigenvalue weighted by Gasteiger charge is 2.14. The van der Waals surface area contributed by atoms with E-state index in [0.717, 1.165) is 50.6 Å². The van der Waals surface area contributed by atoms with E-state index in [4.69, 9.17) is 4.74 Å². The number of ether oxygens (including phenoxy) is 1. The van der Waals surface area contributed by atoms with Gasteiger partial charge in [-0.15, -0.1) is 0 Å². The lowest BCUT2D eigenvalue weighted by molar-refractivity contribution is 0.154. The predicted molar refractivity (Wildman–Crippen MR) is 110 cm³/mol. The van der Waals surface area contributed by atoms with Crippen LogP contribution in [-0.2, 0) is 0 Å². The molecule has 0 spiro atoms. The summed E-state index contributed by atoms with van der Waals surface area (Å²) in [6.07, 6.45) is 8.88. The van der Waals surface area contributed by atoms with Crippen LogP contribution >= 0.6 is 0 Å². The topological polar surface area (TPSA) is 15.7 Å². The van der Waals surface area contributed by atoms with E-state index in [1.165, 1.54) is 5.56 Å². The summed E-state index contributed by atoms with van der Waals surface area (Å²) in [4.78, 5) is 5.02. The summed E-state index contributed by atoms with van der Waals surface area (Å²) in [6, 6.07) is 18.6. The molecule has 3 nitrogen and oxygen atoms in total. The maximum Gasteiger partial charge on any atom is 0.126 e. The van der Waals surface area contributed by atoms with Crippen molar-refractivity contribution in [2.45, 2.75) is 0 Å². The van der Waals surface area contributed by atoms with Crippen LogP contribution < -0.4 is 4.74 Å². The van der Waals surface area contributed by atoms with Crippen molar-refractivity contribution in [3.63, 3.8) is 0 Å². The molecule has 2 aromatic carbocycles. The molecule has 0 atom stereocenters. The van der Waals surface area contributed by atoms with Gasteiger partial charge in [-0.1, -0.05) is 72.8 Å². The van der Waals surface area contributed by atoms with Gasteiger partial charge in [-0.2, -0.15) is 0 Å². The van der Waals surface area contributed by atoms with Crippen LogP contribution in [0.3, 0.4) is 0 Å². The van der Waals surface area contributed by atoms with Crippen molar-refractivity contribution in [1.29, 1.82) is 0 Å². The molecule has 3 rings (SSSR count). The van der Waals surface area contributed by atoms with Gasteiger partial charge in [0.05, 0.1) is 7.11 Å². The van der Waals surface area contributed by atoms with Crippen LogP contribution in [0.15, 0.2) is 66.7 Å². The van der Waals surface area contributed by atoms with Crippen LogP contribution in [0.5, 0.6) is 5.75 Å². The number of rotatable bonds is 7. The zero-order chi connectivity index (χ0) is 18.0. The maximum atomic E-state index is 5.39. The molecule has 1 fully saturated rings. The average molecular weight is 348 g/mol. The van der Waals surface area contributed by atoms with Crippen molar-refractivity contribution in [3.05, 3.63) is 77.9 Å². The molecule has 0 unspecified atom stereocenters. The molecule has 1 heterocycles. The molecule has 0 aliphatic carbocycles. The smallest absolute Gasteiger partial charge is 0.126 e. The molecule has 0 radical (unpaired) electrons. The summed E-state index contributed by atoms with van der Waals surface area (Å²) in [5, 5.41) is 0. The first-order valence-electron chi connectivity index (χ1n) is 9.31. The summed E-state index contributed by atoms with van der Waals surface area (Å²) in [5.41, 5.74) is 2.41. The highest BCUT2D eigenvalue weighted by atomic mass is 16.5. The Balaban J connectivity index is 1.40. The Kier molecular flexibility index (Phi) is 7.05. The summed E-state index contributed by atoms with van der Waals surface area (Å²) in [5.74, 6) is 0.929.